The largest absolute Gasteiger partial charge is 0.459 e. The molecule has 106 valence electrons. The predicted octanol–water partition coefficient (Wildman–Crippen LogP) is 4.05. The Hall–Kier alpha value is -1.59. The van der Waals surface area contributed by atoms with Crippen molar-refractivity contribution in [1.82, 2.24) is 0 Å². The molecule has 1 aromatic carbocycles. The highest BCUT2D eigenvalue weighted by Gasteiger charge is 2.32. The topological polar surface area (TPSA) is 26.3 Å². The number of hydrogen-bond donors (Lipinski definition) is 0. The van der Waals surface area contributed by atoms with Gasteiger partial charge in [-0.15, -0.1) is 0 Å². The molecule has 0 aliphatic heterocycles. The second-order valence-corrected chi connectivity index (χ2v) is 4.55. The summed E-state index contributed by atoms with van der Waals surface area (Å²) in [6.07, 6.45) is -5.15. The molecule has 1 atom stereocenters. The predicted molar refractivity (Wildman–Crippen MR) is 61.1 cm³/mol. The second kappa shape index (κ2) is 5.59. The third-order valence-corrected chi connectivity index (χ3v) is 2.75. The zero-order valence-corrected chi connectivity index (χ0v) is 10.7. The van der Waals surface area contributed by atoms with Crippen LogP contribution in [-0.4, -0.2) is 12.1 Å². The van der Waals surface area contributed by atoms with E-state index < -0.39 is 35.2 Å². The second-order valence-electron chi connectivity index (χ2n) is 4.55. The van der Waals surface area contributed by atoms with Gasteiger partial charge >= 0.3 is 12.1 Å². The summed E-state index contributed by atoms with van der Waals surface area (Å²) >= 11 is 0. The molecule has 0 fully saturated rings. The minimum atomic E-state index is -4.63. The van der Waals surface area contributed by atoms with Crippen LogP contribution in [0.25, 0.3) is 0 Å². The third-order valence-electron chi connectivity index (χ3n) is 2.75. The first-order chi connectivity index (χ1) is 8.62. The SMILES string of the molecule is CC(C)C(C)OC(=O)c1cc(C(F)(F)F)ccc1F. The molecule has 6 heteroatoms. The fourth-order valence-electron chi connectivity index (χ4n) is 1.23. The van der Waals surface area contributed by atoms with Gasteiger partial charge < -0.3 is 4.74 Å². The Balaban J connectivity index is 3.03. The third kappa shape index (κ3) is 3.94. The molecule has 19 heavy (non-hydrogen) atoms. The number of ether oxygens (including phenoxy) is 1. The van der Waals surface area contributed by atoms with Crippen molar-refractivity contribution in [2.45, 2.75) is 33.1 Å². The number of esters is 1. The van der Waals surface area contributed by atoms with Gasteiger partial charge in [-0.2, -0.15) is 13.2 Å². The van der Waals surface area contributed by atoms with Crippen molar-refractivity contribution in [3.8, 4) is 0 Å². The number of halogens is 4. The van der Waals surface area contributed by atoms with Crippen molar-refractivity contribution in [1.29, 1.82) is 0 Å². The summed E-state index contributed by atoms with van der Waals surface area (Å²) in [5, 5.41) is 0. The van der Waals surface area contributed by atoms with E-state index in [1.807, 2.05) is 0 Å². The van der Waals surface area contributed by atoms with Crippen molar-refractivity contribution in [3.05, 3.63) is 35.1 Å². The first kappa shape index (κ1) is 15.5. The minimum absolute atomic E-state index is 0.0159. The molecule has 0 radical (unpaired) electrons. The summed E-state index contributed by atoms with van der Waals surface area (Å²) in [6.45, 7) is 5.15. The molecule has 0 bridgehead atoms. The Morgan fingerprint density at radius 2 is 1.79 bits per heavy atom. The maximum Gasteiger partial charge on any atom is 0.416 e. The molecule has 0 aliphatic carbocycles. The zero-order chi connectivity index (χ0) is 14.8. The van der Waals surface area contributed by atoms with Gasteiger partial charge in [0.15, 0.2) is 0 Å². The number of benzene rings is 1. The van der Waals surface area contributed by atoms with Gasteiger partial charge in [0.05, 0.1) is 11.1 Å². The van der Waals surface area contributed by atoms with E-state index in [4.69, 9.17) is 4.74 Å². The minimum Gasteiger partial charge on any atom is -0.459 e. The van der Waals surface area contributed by atoms with Gasteiger partial charge in [0.25, 0.3) is 0 Å². The lowest BCUT2D eigenvalue weighted by atomic mass is 10.1. The van der Waals surface area contributed by atoms with Crippen LogP contribution >= 0.6 is 0 Å². The first-order valence-corrected chi connectivity index (χ1v) is 5.70. The Morgan fingerprint density at radius 3 is 2.26 bits per heavy atom. The molecule has 0 amide bonds. The molecule has 0 saturated heterocycles. The van der Waals surface area contributed by atoms with E-state index in [0.29, 0.717) is 18.2 Å². The van der Waals surface area contributed by atoms with Crippen LogP contribution in [-0.2, 0) is 10.9 Å². The Kier molecular flexibility index (Phi) is 4.55. The average molecular weight is 278 g/mol. The van der Waals surface area contributed by atoms with Crippen molar-refractivity contribution >= 4 is 5.97 Å². The Bertz CT molecular complexity index is 466. The smallest absolute Gasteiger partial charge is 0.416 e. The number of rotatable bonds is 3. The molecule has 1 unspecified atom stereocenters. The summed E-state index contributed by atoms with van der Waals surface area (Å²) in [5.41, 5.74) is -1.79. The van der Waals surface area contributed by atoms with E-state index in [2.05, 4.69) is 0 Å². The van der Waals surface area contributed by atoms with Gasteiger partial charge in [0, 0.05) is 0 Å². The van der Waals surface area contributed by atoms with Gasteiger partial charge in [0.1, 0.15) is 11.9 Å². The van der Waals surface area contributed by atoms with Crippen LogP contribution in [0.15, 0.2) is 18.2 Å². The Labute approximate surface area is 108 Å². The molecular weight excluding hydrogens is 264 g/mol. The molecule has 2 nitrogen and oxygen atoms in total. The number of carbonyl (C=O) groups is 1. The molecular formula is C13H14F4O2. The lowest BCUT2D eigenvalue weighted by molar-refractivity contribution is -0.137. The summed E-state index contributed by atoms with van der Waals surface area (Å²) < 4.78 is 55.7. The van der Waals surface area contributed by atoms with Gasteiger partial charge in [-0.05, 0) is 31.0 Å². The fraction of sp³-hybridized carbons (Fsp3) is 0.462. The highest BCUT2D eigenvalue weighted by Crippen LogP contribution is 2.30. The molecule has 1 rings (SSSR count). The fourth-order valence-corrected chi connectivity index (χ4v) is 1.23. The van der Waals surface area contributed by atoms with E-state index in [1.165, 1.54) is 0 Å². The van der Waals surface area contributed by atoms with Crippen molar-refractivity contribution in [2.24, 2.45) is 5.92 Å². The molecule has 0 aromatic heterocycles. The normalized spacial score (nSPS) is 13.5. The van der Waals surface area contributed by atoms with E-state index >= 15 is 0 Å². The maximum absolute atomic E-state index is 13.4. The monoisotopic (exact) mass is 278 g/mol. The lowest BCUT2D eigenvalue weighted by Gasteiger charge is -2.17. The average Bonchev–Trinajstić information content (AvgIpc) is 2.27. The van der Waals surface area contributed by atoms with Crippen LogP contribution in [0.2, 0.25) is 0 Å². The summed E-state index contributed by atoms with van der Waals surface area (Å²) in [5.74, 6) is -2.14. The van der Waals surface area contributed by atoms with Gasteiger partial charge in [0.2, 0.25) is 0 Å². The van der Waals surface area contributed by atoms with Gasteiger partial charge in [-0.25, -0.2) is 9.18 Å². The quantitative estimate of drug-likeness (QED) is 0.616. The molecule has 1 aromatic rings. The molecule has 0 aliphatic rings. The van der Waals surface area contributed by atoms with E-state index in [0.717, 1.165) is 0 Å². The maximum atomic E-state index is 13.4. The summed E-state index contributed by atoms with van der Waals surface area (Å²) in [6, 6.07) is 1.65. The number of carbonyl (C=O) groups excluding carboxylic acids is 1. The highest BCUT2D eigenvalue weighted by atomic mass is 19.4. The number of hydrogen-bond acceptors (Lipinski definition) is 2. The Morgan fingerprint density at radius 1 is 1.21 bits per heavy atom. The van der Waals surface area contributed by atoms with Crippen molar-refractivity contribution in [2.75, 3.05) is 0 Å². The first-order valence-electron chi connectivity index (χ1n) is 5.70. The molecule has 0 N–H and O–H groups in total. The van der Waals surface area contributed by atoms with Gasteiger partial charge in [-0.3, -0.25) is 0 Å². The van der Waals surface area contributed by atoms with E-state index in [9.17, 15) is 22.4 Å². The van der Waals surface area contributed by atoms with Gasteiger partial charge in [-0.1, -0.05) is 13.8 Å². The molecule has 0 heterocycles. The van der Waals surface area contributed by atoms with E-state index in [1.54, 1.807) is 20.8 Å². The van der Waals surface area contributed by atoms with E-state index in [-0.39, 0.29) is 5.92 Å². The lowest BCUT2D eigenvalue weighted by Crippen LogP contribution is -2.21. The number of alkyl halides is 3. The standard InChI is InChI=1S/C13H14F4O2/c1-7(2)8(3)19-12(18)10-6-9(13(15,16)17)4-5-11(10)14/h4-8H,1-3H3. The highest BCUT2D eigenvalue weighted by molar-refractivity contribution is 5.90. The summed E-state index contributed by atoms with van der Waals surface area (Å²) in [7, 11) is 0. The zero-order valence-electron chi connectivity index (χ0n) is 10.7. The van der Waals surface area contributed by atoms with Crippen LogP contribution in [0.4, 0.5) is 17.6 Å². The van der Waals surface area contributed by atoms with Crippen LogP contribution in [0.1, 0.15) is 36.7 Å². The van der Waals surface area contributed by atoms with Crippen LogP contribution in [0.3, 0.4) is 0 Å². The molecule has 0 saturated carbocycles. The van der Waals surface area contributed by atoms with Crippen LogP contribution in [0, 0.1) is 11.7 Å². The van der Waals surface area contributed by atoms with Crippen LogP contribution in [0.5, 0.6) is 0 Å². The van der Waals surface area contributed by atoms with Crippen LogP contribution < -0.4 is 0 Å². The summed E-state index contributed by atoms with van der Waals surface area (Å²) in [4.78, 5) is 11.6. The van der Waals surface area contributed by atoms with Crippen molar-refractivity contribution in [3.63, 3.8) is 0 Å². The molecule has 0 spiro atoms. The van der Waals surface area contributed by atoms with Crippen molar-refractivity contribution < 1.29 is 27.1 Å².